The SMILES string of the molecule is CCCCN(c1cccc([Si](CCCC)(CCCC)CCCC)c1)P(Pc1cccc(-c2cccc([Si](CCCC)(CCCC)CCCC)c2)c1C(F)(F)F)c1ccccc1C(F)(F)F. The molecule has 360 valence electrons. The summed E-state index contributed by atoms with van der Waals surface area (Å²) >= 11 is 0. The number of rotatable bonds is 29. The molecule has 0 aliphatic heterocycles. The number of halogens is 6. The van der Waals surface area contributed by atoms with Crippen molar-refractivity contribution in [2.75, 3.05) is 11.2 Å². The van der Waals surface area contributed by atoms with Gasteiger partial charge in [0.15, 0.2) is 0 Å². The van der Waals surface area contributed by atoms with Crippen molar-refractivity contribution in [2.45, 2.75) is 187 Å². The zero-order valence-corrected chi connectivity index (χ0v) is 44.6. The fraction of sp³-hybridized carbons (Fsp3) is 0.556. The van der Waals surface area contributed by atoms with E-state index in [4.69, 9.17) is 0 Å². The van der Waals surface area contributed by atoms with Gasteiger partial charge in [-0.1, -0.05) is 251 Å². The van der Waals surface area contributed by atoms with Crippen molar-refractivity contribution in [1.82, 2.24) is 0 Å². The van der Waals surface area contributed by atoms with Crippen LogP contribution >= 0.6 is 16.0 Å². The van der Waals surface area contributed by atoms with Gasteiger partial charge in [-0.05, 0) is 49.3 Å². The maximum absolute atomic E-state index is 16.0. The van der Waals surface area contributed by atoms with Gasteiger partial charge in [-0.2, -0.15) is 26.3 Å². The third-order valence-electron chi connectivity index (χ3n) is 13.6. The van der Waals surface area contributed by atoms with Gasteiger partial charge >= 0.3 is 12.4 Å². The fourth-order valence-corrected chi connectivity index (χ4v) is 26.9. The highest BCUT2D eigenvalue weighted by atomic mass is 32.1. The molecule has 4 rings (SSSR count). The van der Waals surface area contributed by atoms with Crippen molar-refractivity contribution >= 4 is 58.8 Å². The Labute approximate surface area is 394 Å². The topological polar surface area (TPSA) is 3.24 Å². The molecule has 0 aliphatic rings. The third kappa shape index (κ3) is 15.0. The Hall–Kier alpha value is -2.45. The monoisotopic (exact) mass is 974 g/mol. The molecule has 4 aromatic carbocycles. The first-order valence-electron chi connectivity index (χ1n) is 25.1. The number of nitrogens with zero attached hydrogens (tertiary/aromatic N) is 1. The minimum atomic E-state index is -4.74. The van der Waals surface area contributed by atoms with Crippen LogP contribution in [0.2, 0.25) is 36.3 Å². The number of hydrogen-bond acceptors (Lipinski definition) is 1. The summed E-state index contributed by atoms with van der Waals surface area (Å²) in [7, 11) is -6.64. The zero-order chi connectivity index (χ0) is 47.5. The van der Waals surface area contributed by atoms with Gasteiger partial charge in [0.2, 0.25) is 0 Å². The lowest BCUT2D eigenvalue weighted by molar-refractivity contribution is -0.137. The van der Waals surface area contributed by atoms with Crippen molar-refractivity contribution in [3.05, 3.63) is 102 Å². The molecule has 0 aromatic heterocycles. The number of benzene rings is 4. The summed E-state index contributed by atoms with van der Waals surface area (Å²) in [5, 5.41) is 2.73. The van der Waals surface area contributed by atoms with E-state index in [2.05, 4.69) is 83.5 Å². The Morgan fingerprint density at radius 2 is 0.954 bits per heavy atom. The second kappa shape index (κ2) is 26.9. The summed E-state index contributed by atoms with van der Waals surface area (Å²) in [4.78, 5) is 0. The van der Waals surface area contributed by atoms with Crippen LogP contribution in [0.25, 0.3) is 11.1 Å². The van der Waals surface area contributed by atoms with E-state index in [1.165, 1.54) is 28.6 Å². The van der Waals surface area contributed by atoms with Gasteiger partial charge < -0.3 is 4.67 Å². The van der Waals surface area contributed by atoms with Crippen LogP contribution < -0.4 is 25.7 Å². The van der Waals surface area contributed by atoms with Gasteiger partial charge in [0.25, 0.3) is 0 Å². The molecule has 65 heavy (non-hydrogen) atoms. The summed E-state index contributed by atoms with van der Waals surface area (Å²) < 4.78 is 95.7. The van der Waals surface area contributed by atoms with E-state index in [1.54, 1.807) is 18.2 Å². The molecular weight excluding hydrogens is 895 g/mol. The second-order valence-electron chi connectivity index (χ2n) is 18.5. The first-order valence-corrected chi connectivity index (χ1v) is 33.5. The highest BCUT2D eigenvalue weighted by Gasteiger charge is 2.42. The minimum Gasteiger partial charge on any atom is -0.343 e. The molecular formula is C54H79F6NP2Si2. The van der Waals surface area contributed by atoms with E-state index in [-0.39, 0.29) is 16.2 Å². The predicted octanol–water partition coefficient (Wildman–Crippen LogP) is 17.8. The van der Waals surface area contributed by atoms with Gasteiger partial charge in [0.1, 0.15) is 0 Å². The normalized spacial score (nSPS) is 13.2. The molecule has 0 heterocycles. The average Bonchev–Trinajstić information content (AvgIpc) is 3.30. The standard InChI is InChI=1S/C54H79F6NP2Si2/c1-8-15-35-61(45-28-25-30-47(43-45)65(39-19-12-5,40-20-13-6)41-21-14-7)63(51-34-23-22-32-49(51)53(55,56)57)62-50-33-26-31-48(52(50)54(58,59)60)44-27-24-29-46(42-44)64(36-16-9-2,37-17-10-3)38-18-11-4/h22-34,42-43,62H,8-21,35-41H2,1-7H3. The number of alkyl halides is 6. The van der Waals surface area contributed by atoms with Crippen LogP contribution in [-0.4, -0.2) is 22.7 Å². The molecule has 0 spiro atoms. The molecule has 0 aliphatic carbocycles. The van der Waals surface area contributed by atoms with Crippen LogP contribution in [0.15, 0.2) is 91.0 Å². The molecule has 2 atom stereocenters. The van der Waals surface area contributed by atoms with E-state index in [9.17, 15) is 0 Å². The molecule has 0 N–H and O–H groups in total. The van der Waals surface area contributed by atoms with Crippen LogP contribution in [-0.2, 0) is 12.4 Å². The summed E-state index contributed by atoms with van der Waals surface area (Å²) in [5.74, 6) is 0. The first kappa shape index (κ1) is 55.2. The van der Waals surface area contributed by atoms with Gasteiger partial charge in [-0.25, -0.2) is 0 Å². The molecule has 0 saturated carbocycles. The number of hydrogen-bond donors (Lipinski definition) is 0. The smallest absolute Gasteiger partial charge is 0.343 e. The van der Waals surface area contributed by atoms with E-state index in [0.717, 1.165) is 131 Å². The lowest BCUT2D eigenvalue weighted by atomic mass is 9.99. The second-order valence-corrected chi connectivity index (χ2v) is 32.0. The molecule has 4 aromatic rings. The van der Waals surface area contributed by atoms with Gasteiger partial charge in [0, 0.05) is 25.3 Å². The van der Waals surface area contributed by atoms with Crippen molar-refractivity contribution in [3.63, 3.8) is 0 Å². The molecule has 1 nitrogen and oxygen atoms in total. The van der Waals surface area contributed by atoms with Gasteiger partial charge in [0.05, 0.1) is 27.3 Å². The molecule has 0 fully saturated rings. The van der Waals surface area contributed by atoms with Crippen molar-refractivity contribution in [1.29, 1.82) is 0 Å². The van der Waals surface area contributed by atoms with Crippen molar-refractivity contribution in [3.8, 4) is 11.1 Å². The Morgan fingerprint density at radius 3 is 1.43 bits per heavy atom. The lowest BCUT2D eigenvalue weighted by Gasteiger charge is -2.38. The predicted molar refractivity (Wildman–Crippen MR) is 281 cm³/mol. The Bertz CT molecular complexity index is 1960. The van der Waals surface area contributed by atoms with E-state index < -0.39 is 55.7 Å². The summed E-state index contributed by atoms with van der Waals surface area (Å²) in [6.45, 7) is 15.8. The van der Waals surface area contributed by atoms with Gasteiger partial charge in [-0.15, -0.1) is 0 Å². The maximum Gasteiger partial charge on any atom is 0.417 e. The van der Waals surface area contributed by atoms with Crippen LogP contribution in [0.3, 0.4) is 0 Å². The van der Waals surface area contributed by atoms with Crippen LogP contribution in [0, 0.1) is 0 Å². The zero-order valence-electron chi connectivity index (χ0n) is 40.7. The average molecular weight is 974 g/mol. The van der Waals surface area contributed by atoms with E-state index in [1.807, 2.05) is 18.2 Å². The third-order valence-corrected chi connectivity index (χ3v) is 29.9. The molecule has 2 unspecified atom stereocenters. The molecule has 0 bridgehead atoms. The van der Waals surface area contributed by atoms with Crippen LogP contribution in [0.1, 0.15) is 149 Å². The van der Waals surface area contributed by atoms with Crippen LogP contribution in [0.4, 0.5) is 32.0 Å². The summed E-state index contributed by atoms with van der Waals surface area (Å²) in [6, 6.07) is 33.9. The number of anilines is 1. The molecule has 11 heteroatoms. The summed E-state index contributed by atoms with van der Waals surface area (Å²) in [5.41, 5.74) is 0.0146. The van der Waals surface area contributed by atoms with Gasteiger partial charge in [-0.3, -0.25) is 0 Å². The highest BCUT2D eigenvalue weighted by Crippen LogP contribution is 2.61. The van der Waals surface area contributed by atoms with Crippen LogP contribution in [0.5, 0.6) is 0 Å². The quantitative estimate of drug-likeness (QED) is 0.0298. The Morgan fingerprint density at radius 1 is 0.492 bits per heavy atom. The lowest BCUT2D eigenvalue weighted by Crippen LogP contribution is -2.47. The minimum absolute atomic E-state index is 0.0742. The summed E-state index contributed by atoms with van der Waals surface area (Å²) in [6.07, 6.45) is 5.32. The van der Waals surface area contributed by atoms with Crippen molar-refractivity contribution in [2.24, 2.45) is 0 Å². The van der Waals surface area contributed by atoms with E-state index in [0.29, 0.717) is 18.5 Å². The molecule has 0 saturated heterocycles. The molecule has 0 amide bonds. The highest BCUT2D eigenvalue weighted by molar-refractivity contribution is 8.28. The first-order chi connectivity index (χ1) is 31.2. The fourth-order valence-electron chi connectivity index (χ4n) is 9.83. The largest absolute Gasteiger partial charge is 0.417 e. The Balaban J connectivity index is 2.02. The molecule has 0 radical (unpaired) electrons. The maximum atomic E-state index is 16.0. The Kier molecular flexibility index (Phi) is 22.8. The number of unbranched alkanes of at least 4 members (excludes halogenated alkanes) is 7. The van der Waals surface area contributed by atoms with Crippen molar-refractivity contribution < 1.29 is 26.3 Å². The van der Waals surface area contributed by atoms with E-state index >= 15 is 26.3 Å².